The highest BCUT2D eigenvalue weighted by Crippen LogP contribution is 2.36. The Balaban J connectivity index is 1.67. The Labute approximate surface area is 139 Å². The van der Waals surface area contributed by atoms with Crippen molar-refractivity contribution in [3.63, 3.8) is 0 Å². The molecule has 2 aromatic carbocycles. The minimum absolute atomic E-state index is 0.101. The molecule has 1 atom stereocenters. The highest BCUT2D eigenvalue weighted by molar-refractivity contribution is 6.32. The first kappa shape index (κ1) is 15.9. The van der Waals surface area contributed by atoms with Gasteiger partial charge in [-0.3, -0.25) is 10.1 Å². The summed E-state index contributed by atoms with van der Waals surface area (Å²) in [5, 5.41) is 25.0. The van der Waals surface area contributed by atoms with Gasteiger partial charge in [-0.25, -0.2) is 0 Å². The highest BCUT2D eigenvalue weighted by atomic mass is 35.5. The molecule has 0 saturated heterocycles. The van der Waals surface area contributed by atoms with E-state index in [1.165, 1.54) is 17.7 Å². The fraction of sp³-hybridized carbons (Fsp3) is 0.294. The van der Waals surface area contributed by atoms with Gasteiger partial charge in [-0.2, -0.15) is 0 Å². The number of benzene rings is 2. The Kier molecular flexibility index (Phi) is 4.35. The highest BCUT2D eigenvalue weighted by Gasteiger charge is 2.35. The number of nitrogens with zero attached hydrogens (tertiary/aromatic N) is 1. The third kappa shape index (κ3) is 3.22. The molecular formula is C17H17ClN2O3. The number of halogens is 1. The summed E-state index contributed by atoms with van der Waals surface area (Å²) in [5.41, 5.74) is 1.93. The Morgan fingerprint density at radius 3 is 2.87 bits per heavy atom. The average Bonchev–Trinajstić information content (AvgIpc) is 2.87. The van der Waals surface area contributed by atoms with Crippen molar-refractivity contribution in [3.05, 3.63) is 74.3 Å². The molecular weight excluding hydrogens is 316 g/mol. The molecule has 0 bridgehead atoms. The van der Waals surface area contributed by atoms with Gasteiger partial charge in [0.25, 0.3) is 5.69 Å². The van der Waals surface area contributed by atoms with Gasteiger partial charge in [0.1, 0.15) is 10.6 Å². The molecule has 23 heavy (non-hydrogen) atoms. The smallest absolute Gasteiger partial charge is 0.288 e. The number of nitro groups is 1. The molecule has 0 heterocycles. The summed E-state index contributed by atoms with van der Waals surface area (Å²) in [6.07, 6.45) is 1.54. The second-order valence-corrected chi connectivity index (χ2v) is 6.24. The Hall–Kier alpha value is -1.95. The summed E-state index contributed by atoms with van der Waals surface area (Å²) in [6.45, 7) is 0.836. The van der Waals surface area contributed by atoms with E-state index in [9.17, 15) is 15.2 Å². The first-order chi connectivity index (χ1) is 11.0. The van der Waals surface area contributed by atoms with Gasteiger partial charge in [-0.1, -0.05) is 41.9 Å². The van der Waals surface area contributed by atoms with Crippen LogP contribution in [0.2, 0.25) is 5.02 Å². The van der Waals surface area contributed by atoms with Crippen LogP contribution in [0.1, 0.15) is 23.1 Å². The zero-order valence-corrected chi connectivity index (χ0v) is 13.2. The largest absolute Gasteiger partial charge is 0.384 e. The third-order valence-corrected chi connectivity index (χ3v) is 4.60. The summed E-state index contributed by atoms with van der Waals surface area (Å²) in [5.74, 6) is 0. The van der Waals surface area contributed by atoms with Gasteiger partial charge in [0.15, 0.2) is 0 Å². The maximum absolute atomic E-state index is 10.9. The van der Waals surface area contributed by atoms with Crippen LogP contribution in [0, 0.1) is 10.1 Å². The molecule has 1 unspecified atom stereocenters. The number of fused-ring (bicyclic) bond motifs is 1. The Bertz CT molecular complexity index is 750. The number of hydrogen-bond acceptors (Lipinski definition) is 4. The fourth-order valence-electron chi connectivity index (χ4n) is 3.07. The van der Waals surface area contributed by atoms with E-state index in [4.69, 9.17) is 11.6 Å². The van der Waals surface area contributed by atoms with E-state index in [2.05, 4.69) is 5.32 Å². The molecule has 0 fully saturated rings. The molecule has 0 saturated carbocycles. The maximum atomic E-state index is 10.9. The van der Waals surface area contributed by atoms with E-state index < -0.39 is 10.5 Å². The van der Waals surface area contributed by atoms with Crippen molar-refractivity contribution in [1.82, 2.24) is 5.32 Å². The Morgan fingerprint density at radius 2 is 2.09 bits per heavy atom. The van der Waals surface area contributed by atoms with Crippen LogP contribution >= 0.6 is 11.6 Å². The second kappa shape index (κ2) is 6.28. The first-order valence-corrected chi connectivity index (χ1v) is 7.82. The molecule has 3 rings (SSSR count). The zero-order chi connectivity index (χ0) is 16.4. The molecule has 0 aliphatic heterocycles. The second-order valence-electron chi connectivity index (χ2n) is 5.84. The number of aryl methyl sites for hydroxylation is 1. The zero-order valence-electron chi connectivity index (χ0n) is 12.5. The summed E-state index contributed by atoms with van der Waals surface area (Å²) in [6, 6.07) is 12.6. The van der Waals surface area contributed by atoms with Gasteiger partial charge in [-0.05, 0) is 35.6 Å². The minimum Gasteiger partial charge on any atom is -0.384 e. The van der Waals surface area contributed by atoms with Crippen molar-refractivity contribution in [1.29, 1.82) is 0 Å². The molecule has 0 aromatic heterocycles. The molecule has 6 heteroatoms. The number of rotatable bonds is 5. The molecule has 2 aromatic rings. The lowest BCUT2D eigenvalue weighted by molar-refractivity contribution is -0.384. The number of nitro benzene ring substituents is 1. The molecule has 1 aliphatic rings. The standard InChI is InChI=1S/C17H17ClN2O3/c18-15-6-5-12(9-16(15)20(22)23)10-19-11-17(21)8-7-13-3-1-2-4-14(13)17/h1-6,9,19,21H,7-8,10-11H2. The fourth-order valence-corrected chi connectivity index (χ4v) is 3.26. The summed E-state index contributed by atoms with van der Waals surface area (Å²) in [7, 11) is 0. The van der Waals surface area contributed by atoms with Crippen LogP contribution in [-0.4, -0.2) is 16.6 Å². The maximum Gasteiger partial charge on any atom is 0.288 e. The monoisotopic (exact) mass is 332 g/mol. The predicted molar refractivity (Wildman–Crippen MR) is 88.5 cm³/mol. The van der Waals surface area contributed by atoms with E-state index in [1.54, 1.807) is 6.07 Å². The normalized spacial score (nSPS) is 19.6. The topological polar surface area (TPSA) is 75.4 Å². The van der Waals surface area contributed by atoms with Gasteiger partial charge in [-0.15, -0.1) is 0 Å². The first-order valence-electron chi connectivity index (χ1n) is 7.44. The molecule has 1 aliphatic carbocycles. The van der Waals surface area contributed by atoms with Gasteiger partial charge >= 0.3 is 0 Å². The molecule has 0 radical (unpaired) electrons. The van der Waals surface area contributed by atoms with Crippen molar-refractivity contribution in [2.24, 2.45) is 0 Å². The lowest BCUT2D eigenvalue weighted by Gasteiger charge is -2.24. The lowest BCUT2D eigenvalue weighted by Crippen LogP contribution is -2.36. The Morgan fingerprint density at radius 1 is 1.30 bits per heavy atom. The van der Waals surface area contributed by atoms with Crippen LogP contribution in [0.5, 0.6) is 0 Å². The van der Waals surface area contributed by atoms with E-state index >= 15 is 0 Å². The summed E-state index contributed by atoms with van der Waals surface area (Å²) >= 11 is 5.81. The van der Waals surface area contributed by atoms with E-state index in [-0.39, 0.29) is 10.7 Å². The van der Waals surface area contributed by atoms with Crippen LogP contribution in [0.4, 0.5) is 5.69 Å². The van der Waals surface area contributed by atoms with E-state index in [1.807, 2.05) is 24.3 Å². The van der Waals surface area contributed by atoms with Crippen molar-refractivity contribution in [2.45, 2.75) is 25.0 Å². The third-order valence-electron chi connectivity index (χ3n) is 4.28. The van der Waals surface area contributed by atoms with Crippen LogP contribution in [0.15, 0.2) is 42.5 Å². The van der Waals surface area contributed by atoms with Gasteiger partial charge in [0, 0.05) is 19.2 Å². The molecule has 2 N–H and O–H groups in total. The molecule has 0 amide bonds. The minimum atomic E-state index is -0.880. The summed E-state index contributed by atoms with van der Waals surface area (Å²) < 4.78 is 0. The average molecular weight is 333 g/mol. The molecule has 5 nitrogen and oxygen atoms in total. The van der Waals surface area contributed by atoms with Crippen LogP contribution in [0.3, 0.4) is 0 Å². The van der Waals surface area contributed by atoms with Crippen LogP contribution in [0.25, 0.3) is 0 Å². The van der Waals surface area contributed by atoms with Gasteiger partial charge in [0.05, 0.1) is 4.92 Å². The van der Waals surface area contributed by atoms with Crippen LogP contribution in [-0.2, 0) is 18.6 Å². The van der Waals surface area contributed by atoms with Crippen molar-refractivity contribution in [3.8, 4) is 0 Å². The quantitative estimate of drug-likeness (QED) is 0.651. The number of nitrogens with one attached hydrogen (secondary N) is 1. The van der Waals surface area contributed by atoms with Crippen molar-refractivity contribution < 1.29 is 10.0 Å². The van der Waals surface area contributed by atoms with E-state index in [0.717, 1.165) is 17.5 Å². The van der Waals surface area contributed by atoms with Crippen LogP contribution < -0.4 is 5.32 Å². The van der Waals surface area contributed by atoms with Crippen molar-refractivity contribution >= 4 is 17.3 Å². The molecule has 120 valence electrons. The van der Waals surface area contributed by atoms with Gasteiger partial charge < -0.3 is 10.4 Å². The SMILES string of the molecule is O=[N+]([O-])c1cc(CNCC2(O)CCc3ccccc32)ccc1Cl. The summed E-state index contributed by atoms with van der Waals surface area (Å²) in [4.78, 5) is 10.4. The predicted octanol–water partition coefficient (Wildman–Crippen LogP) is 3.17. The van der Waals surface area contributed by atoms with E-state index in [0.29, 0.717) is 19.5 Å². The van der Waals surface area contributed by atoms with Crippen molar-refractivity contribution in [2.75, 3.05) is 6.54 Å². The number of hydrogen-bond donors (Lipinski definition) is 2. The van der Waals surface area contributed by atoms with Gasteiger partial charge in [0.2, 0.25) is 0 Å². The lowest BCUT2D eigenvalue weighted by atomic mass is 9.96. The molecule has 0 spiro atoms. The number of aliphatic hydroxyl groups is 1.